The van der Waals surface area contributed by atoms with Crippen LogP contribution in [0.3, 0.4) is 0 Å². The first-order valence-electron chi connectivity index (χ1n) is 4.13. The van der Waals surface area contributed by atoms with E-state index in [2.05, 4.69) is 48.6 Å². The molecule has 0 atom stereocenters. The van der Waals surface area contributed by atoms with Gasteiger partial charge < -0.3 is 0 Å². The molecule has 0 saturated heterocycles. The molecular formula is C11H14. The molecular weight excluding hydrogens is 132 g/mol. The van der Waals surface area contributed by atoms with Gasteiger partial charge in [-0.3, -0.25) is 0 Å². The molecule has 0 aromatic heterocycles. The summed E-state index contributed by atoms with van der Waals surface area (Å²) in [5.41, 5.74) is 0. The Labute approximate surface area is 68.6 Å². The molecule has 0 bridgehead atoms. The Balaban J connectivity index is 2.47. The van der Waals surface area contributed by atoms with E-state index >= 15 is 0 Å². The predicted octanol–water partition coefficient (Wildman–Crippen LogP) is 3.40. The molecule has 1 rings (SSSR count). The third-order valence-electron chi connectivity index (χ3n) is 1.54. The highest BCUT2D eigenvalue weighted by Crippen LogP contribution is 1.97. The molecule has 0 aromatic rings. The van der Waals surface area contributed by atoms with E-state index in [0.29, 0.717) is 0 Å². The highest BCUT2D eigenvalue weighted by atomic mass is 13.8. The van der Waals surface area contributed by atoms with Crippen LogP contribution in [0.25, 0.3) is 0 Å². The molecule has 0 nitrogen and oxygen atoms in total. The van der Waals surface area contributed by atoms with E-state index < -0.39 is 0 Å². The van der Waals surface area contributed by atoms with E-state index in [9.17, 15) is 0 Å². The fourth-order valence-electron chi connectivity index (χ4n) is 0.945. The second kappa shape index (κ2) is 5.72. The van der Waals surface area contributed by atoms with Gasteiger partial charge in [0, 0.05) is 0 Å². The molecule has 0 spiro atoms. The molecule has 0 unspecified atom stereocenters. The van der Waals surface area contributed by atoms with Crippen LogP contribution in [-0.2, 0) is 0 Å². The molecule has 0 saturated carbocycles. The van der Waals surface area contributed by atoms with E-state index in [-0.39, 0.29) is 0 Å². The Hall–Kier alpha value is -1.04. The van der Waals surface area contributed by atoms with Crippen molar-refractivity contribution in [1.82, 2.24) is 0 Å². The van der Waals surface area contributed by atoms with Crippen LogP contribution in [0, 0.1) is 0 Å². The lowest BCUT2D eigenvalue weighted by Gasteiger charge is -1.83. The molecule has 58 valence electrons. The summed E-state index contributed by atoms with van der Waals surface area (Å²) in [7, 11) is 0. The van der Waals surface area contributed by atoms with Crippen molar-refractivity contribution in [2.45, 2.75) is 19.3 Å². The van der Waals surface area contributed by atoms with Gasteiger partial charge in [0.05, 0.1) is 0 Å². The zero-order valence-electron chi connectivity index (χ0n) is 6.74. The minimum atomic E-state index is 1.06. The third kappa shape index (κ3) is 4.38. The van der Waals surface area contributed by atoms with Crippen LogP contribution < -0.4 is 0 Å². The fourth-order valence-corrected chi connectivity index (χ4v) is 0.945. The smallest absolute Gasteiger partial charge is 0.0166 e. The summed E-state index contributed by atoms with van der Waals surface area (Å²) in [6, 6.07) is 0. The number of hydrogen-bond acceptors (Lipinski definition) is 0. The summed E-state index contributed by atoms with van der Waals surface area (Å²) >= 11 is 0. The second-order valence-corrected chi connectivity index (χ2v) is 2.53. The number of hydrogen-bond donors (Lipinski definition) is 0. The molecule has 0 fully saturated rings. The number of allylic oxidation sites excluding steroid dienone is 8. The van der Waals surface area contributed by atoms with Gasteiger partial charge in [-0.25, -0.2) is 0 Å². The van der Waals surface area contributed by atoms with Crippen LogP contribution in [0.2, 0.25) is 0 Å². The lowest BCUT2D eigenvalue weighted by atomic mass is 10.2. The van der Waals surface area contributed by atoms with Crippen LogP contribution in [0.5, 0.6) is 0 Å². The minimum absolute atomic E-state index is 1.06. The molecule has 0 amide bonds. The summed E-state index contributed by atoms with van der Waals surface area (Å²) in [5, 5.41) is 0. The van der Waals surface area contributed by atoms with Gasteiger partial charge in [-0.1, -0.05) is 48.6 Å². The van der Waals surface area contributed by atoms with Gasteiger partial charge in [0.25, 0.3) is 0 Å². The van der Waals surface area contributed by atoms with Gasteiger partial charge in [0.1, 0.15) is 0 Å². The van der Waals surface area contributed by atoms with E-state index in [1.165, 1.54) is 0 Å². The fraction of sp³-hybridized carbons (Fsp3) is 0.273. The molecule has 1 aliphatic rings. The first kappa shape index (κ1) is 8.06. The quantitative estimate of drug-likeness (QED) is 0.459. The molecule has 0 N–H and O–H groups in total. The Bertz CT molecular complexity index is 192. The predicted molar refractivity (Wildman–Crippen MR) is 50.4 cm³/mol. The molecule has 0 heterocycles. The van der Waals surface area contributed by atoms with Gasteiger partial charge in [0.15, 0.2) is 0 Å². The van der Waals surface area contributed by atoms with Gasteiger partial charge >= 0.3 is 0 Å². The van der Waals surface area contributed by atoms with E-state index in [1.807, 2.05) is 0 Å². The Morgan fingerprint density at radius 1 is 0.545 bits per heavy atom. The lowest BCUT2D eigenvalue weighted by Crippen LogP contribution is -1.63. The van der Waals surface area contributed by atoms with Gasteiger partial charge in [-0.05, 0) is 19.3 Å². The SMILES string of the molecule is C1=C/C=C\C/C=C\CCC=C1. The van der Waals surface area contributed by atoms with E-state index in [0.717, 1.165) is 19.3 Å². The average molecular weight is 146 g/mol. The first-order valence-corrected chi connectivity index (χ1v) is 4.13. The monoisotopic (exact) mass is 146 g/mol. The topological polar surface area (TPSA) is 0 Å². The lowest BCUT2D eigenvalue weighted by molar-refractivity contribution is 1.04. The zero-order valence-corrected chi connectivity index (χ0v) is 6.74. The maximum absolute atomic E-state index is 2.24. The largest absolute Gasteiger partial charge is 0.0879 e. The van der Waals surface area contributed by atoms with Crippen molar-refractivity contribution < 1.29 is 0 Å². The van der Waals surface area contributed by atoms with Crippen molar-refractivity contribution in [1.29, 1.82) is 0 Å². The van der Waals surface area contributed by atoms with Crippen molar-refractivity contribution in [3.8, 4) is 0 Å². The summed E-state index contributed by atoms with van der Waals surface area (Å²) in [6.45, 7) is 0. The second-order valence-electron chi connectivity index (χ2n) is 2.53. The maximum atomic E-state index is 2.24. The van der Waals surface area contributed by atoms with Gasteiger partial charge in [0.2, 0.25) is 0 Å². The zero-order chi connectivity index (χ0) is 7.78. The highest BCUT2D eigenvalue weighted by molar-refractivity contribution is 5.12. The summed E-state index contributed by atoms with van der Waals surface area (Å²) in [5.74, 6) is 0. The van der Waals surface area contributed by atoms with E-state index in [4.69, 9.17) is 0 Å². The molecule has 0 aliphatic heterocycles. The van der Waals surface area contributed by atoms with Crippen molar-refractivity contribution in [2.75, 3.05) is 0 Å². The molecule has 11 heavy (non-hydrogen) atoms. The van der Waals surface area contributed by atoms with Crippen molar-refractivity contribution in [3.63, 3.8) is 0 Å². The normalized spacial score (nSPS) is 24.0. The summed E-state index contributed by atoms with van der Waals surface area (Å²) < 4.78 is 0. The van der Waals surface area contributed by atoms with Crippen molar-refractivity contribution in [2.24, 2.45) is 0 Å². The standard InChI is InChI=1S/C11H14/c1-2-4-6-8-10-11-9-7-5-3-1/h1-6,9,11H,7-8,10H2/b2-1?,5-3-,6-4?,11-9-. The Morgan fingerprint density at radius 2 is 1.27 bits per heavy atom. The van der Waals surface area contributed by atoms with Crippen LogP contribution >= 0.6 is 0 Å². The van der Waals surface area contributed by atoms with Crippen molar-refractivity contribution in [3.05, 3.63) is 48.6 Å². The average Bonchev–Trinajstić information content (AvgIpc) is 2.08. The Morgan fingerprint density at radius 3 is 2.18 bits per heavy atom. The van der Waals surface area contributed by atoms with Crippen molar-refractivity contribution >= 4 is 0 Å². The molecule has 0 aromatic carbocycles. The van der Waals surface area contributed by atoms with Crippen LogP contribution in [0.1, 0.15) is 19.3 Å². The van der Waals surface area contributed by atoms with E-state index in [1.54, 1.807) is 0 Å². The summed E-state index contributed by atoms with van der Waals surface area (Å²) in [6.07, 6.45) is 20.5. The number of rotatable bonds is 0. The molecule has 1 aliphatic carbocycles. The van der Waals surface area contributed by atoms with Crippen LogP contribution in [-0.4, -0.2) is 0 Å². The van der Waals surface area contributed by atoms with Crippen LogP contribution in [0.15, 0.2) is 48.6 Å². The Kier molecular flexibility index (Phi) is 4.19. The minimum Gasteiger partial charge on any atom is -0.0879 e. The van der Waals surface area contributed by atoms with Gasteiger partial charge in [-0.15, -0.1) is 0 Å². The first-order chi connectivity index (χ1) is 5.50. The van der Waals surface area contributed by atoms with Gasteiger partial charge in [-0.2, -0.15) is 0 Å². The highest BCUT2D eigenvalue weighted by Gasteiger charge is 1.76. The summed E-state index contributed by atoms with van der Waals surface area (Å²) in [4.78, 5) is 0. The maximum Gasteiger partial charge on any atom is -0.0166 e. The molecule has 0 heteroatoms. The molecule has 0 radical (unpaired) electrons. The van der Waals surface area contributed by atoms with Crippen LogP contribution in [0.4, 0.5) is 0 Å². The third-order valence-corrected chi connectivity index (χ3v) is 1.54.